The smallest absolute Gasteiger partial charge is 0.307 e. The highest BCUT2D eigenvalue weighted by Gasteiger charge is 2.24. The molecule has 0 atom stereocenters. The third-order valence-electron chi connectivity index (χ3n) is 2.76. The largest absolute Gasteiger partial charge is 0.481 e. The molecule has 0 radical (unpaired) electrons. The standard InChI is InChI=1S/C13H18N2O3/c1-13(2,14-3)12(18)15-10-6-4-9(5-7-10)8-11(16)17/h4-7,14H,8H2,1-3H3,(H,15,18)(H,16,17). The summed E-state index contributed by atoms with van der Waals surface area (Å²) in [6.45, 7) is 3.56. The summed E-state index contributed by atoms with van der Waals surface area (Å²) in [5.41, 5.74) is 0.700. The summed E-state index contributed by atoms with van der Waals surface area (Å²) >= 11 is 0. The minimum atomic E-state index is -0.872. The predicted molar refractivity (Wildman–Crippen MR) is 69.6 cm³/mol. The first kappa shape index (κ1) is 14.2. The van der Waals surface area contributed by atoms with Crippen LogP contribution in [0.1, 0.15) is 19.4 Å². The number of nitrogens with one attached hydrogen (secondary N) is 2. The molecular weight excluding hydrogens is 232 g/mol. The van der Waals surface area contributed by atoms with Crippen molar-refractivity contribution in [1.29, 1.82) is 0 Å². The Morgan fingerprint density at radius 2 is 1.78 bits per heavy atom. The van der Waals surface area contributed by atoms with Gasteiger partial charge in [-0.05, 0) is 38.6 Å². The average molecular weight is 250 g/mol. The van der Waals surface area contributed by atoms with Crippen LogP contribution >= 0.6 is 0 Å². The monoisotopic (exact) mass is 250 g/mol. The van der Waals surface area contributed by atoms with E-state index in [9.17, 15) is 9.59 Å². The van der Waals surface area contributed by atoms with Crippen molar-refractivity contribution in [3.05, 3.63) is 29.8 Å². The Hall–Kier alpha value is -1.88. The topological polar surface area (TPSA) is 78.4 Å². The molecule has 0 bridgehead atoms. The van der Waals surface area contributed by atoms with Gasteiger partial charge >= 0.3 is 5.97 Å². The molecule has 18 heavy (non-hydrogen) atoms. The molecule has 5 nitrogen and oxygen atoms in total. The first-order chi connectivity index (χ1) is 8.35. The number of hydrogen-bond acceptors (Lipinski definition) is 3. The number of benzene rings is 1. The van der Waals surface area contributed by atoms with E-state index in [1.54, 1.807) is 45.2 Å². The van der Waals surface area contributed by atoms with Crippen LogP contribution in [0.5, 0.6) is 0 Å². The third kappa shape index (κ3) is 3.85. The molecule has 0 saturated carbocycles. The molecule has 5 heteroatoms. The fourth-order valence-corrected chi connectivity index (χ4v) is 1.28. The predicted octanol–water partition coefficient (Wildman–Crippen LogP) is 1.25. The van der Waals surface area contributed by atoms with E-state index in [-0.39, 0.29) is 12.3 Å². The highest BCUT2D eigenvalue weighted by molar-refractivity contribution is 5.97. The molecule has 0 aliphatic carbocycles. The van der Waals surface area contributed by atoms with E-state index in [0.29, 0.717) is 11.3 Å². The maximum absolute atomic E-state index is 11.9. The summed E-state index contributed by atoms with van der Waals surface area (Å²) in [4.78, 5) is 22.4. The van der Waals surface area contributed by atoms with Crippen LogP contribution in [0.25, 0.3) is 0 Å². The van der Waals surface area contributed by atoms with Gasteiger partial charge in [-0.1, -0.05) is 12.1 Å². The molecule has 0 fully saturated rings. The van der Waals surface area contributed by atoms with E-state index in [1.165, 1.54) is 0 Å². The van der Waals surface area contributed by atoms with Crippen LogP contribution in [0.15, 0.2) is 24.3 Å². The molecule has 0 spiro atoms. The van der Waals surface area contributed by atoms with Crippen LogP contribution in [0.2, 0.25) is 0 Å². The number of anilines is 1. The Kier molecular flexibility index (Phi) is 4.44. The van der Waals surface area contributed by atoms with Crippen LogP contribution in [0.3, 0.4) is 0 Å². The molecular formula is C13H18N2O3. The highest BCUT2D eigenvalue weighted by atomic mass is 16.4. The van der Waals surface area contributed by atoms with Gasteiger partial charge in [0.05, 0.1) is 12.0 Å². The summed E-state index contributed by atoms with van der Waals surface area (Å²) in [5, 5.41) is 14.3. The third-order valence-corrected chi connectivity index (χ3v) is 2.76. The summed E-state index contributed by atoms with van der Waals surface area (Å²) in [5.74, 6) is -1.01. The molecule has 1 aromatic carbocycles. The Morgan fingerprint density at radius 3 is 2.22 bits per heavy atom. The van der Waals surface area contributed by atoms with Crippen molar-refractivity contribution < 1.29 is 14.7 Å². The number of carboxylic acids is 1. The van der Waals surface area contributed by atoms with Crippen molar-refractivity contribution in [3.63, 3.8) is 0 Å². The Bertz CT molecular complexity index is 438. The van der Waals surface area contributed by atoms with Gasteiger partial charge in [0.2, 0.25) is 5.91 Å². The van der Waals surface area contributed by atoms with Gasteiger partial charge in [0, 0.05) is 5.69 Å². The number of carbonyl (C=O) groups is 2. The van der Waals surface area contributed by atoms with Crippen molar-refractivity contribution in [2.24, 2.45) is 0 Å². The summed E-state index contributed by atoms with van der Waals surface area (Å²) in [6, 6.07) is 6.77. The molecule has 0 unspecified atom stereocenters. The number of aliphatic carboxylic acids is 1. The second-order valence-corrected chi connectivity index (χ2v) is 4.60. The lowest BCUT2D eigenvalue weighted by Crippen LogP contribution is -2.47. The van der Waals surface area contributed by atoms with E-state index in [1.807, 2.05) is 0 Å². The van der Waals surface area contributed by atoms with E-state index >= 15 is 0 Å². The first-order valence-electron chi connectivity index (χ1n) is 5.66. The average Bonchev–Trinajstić information content (AvgIpc) is 2.31. The lowest BCUT2D eigenvalue weighted by atomic mass is 10.0. The number of likely N-dealkylation sites (N-methyl/N-ethyl adjacent to an activating group) is 1. The van der Waals surface area contributed by atoms with Crippen LogP contribution in [-0.2, 0) is 16.0 Å². The van der Waals surface area contributed by atoms with E-state index in [4.69, 9.17) is 5.11 Å². The summed E-state index contributed by atoms with van der Waals surface area (Å²) in [7, 11) is 1.72. The van der Waals surface area contributed by atoms with Crippen LogP contribution in [0, 0.1) is 0 Å². The van der Waals surface area contributed by atoms with Gasteiger partial charge in [0.15, 0.2) is 0 Å². The Balaban J connectivity index is 2.69. The molecule has 0 heterocycles. The number of carbonyl (C=O) groups excluding carboxylic acids is 1. The minimum absolute atomic E-state index is 0.0176. The lowest BCUT2D eigenvalue weighted by Gasteiger charge is -2.22. The molecule has 0 aliphatic heterocycles. The molecule has 0 aromatic heterocycles. The van der Waals surface area contributed by atoms with Gasteiger partial charge in [-0.3, -0.25) is 9.59 Å². The van der Waals surface area contributed by atoms with Gasteiger partial charge in [0.1, 0.15) is 0 Å². The van der Waals surface area contributed by atoms with Crippen LogP contribution in [0.4, 0.5) is 5.69 Å². The number of hydrogen-bond donors (Lipinski definition) is 3. The van der Waals surface area contributed by atoms with E-state index in [0.717, 1.165) is 0 Å². The Morgan fingerprint density at radius 1 is 1.22 bits per heavy atom. The van der Waals surface area contributed by atoms with Crippen LogP contribution in [-0.4, -0.2) is 29.6 Å². The molecule has 98 valence electrons. The van der Waals surface area contributed by atoms with E-state index < -0.39 is 11.5 Å². The lowest BCUT2D eigenvalue weighted by molar-refractivity contribution is -0.136. The van der Waals surface area contributed by atoms with Gasteiger partial charge < -0.3 is 15.7 Å². The van der Waals surface area contributed by atoms with E-state index in [2.05, 4.69) is 10.6 Å². The summed E-state index contributed by atoms with van der Waals surface area (Å²) < 4.78 is 0. The minimum Gasteiger partial charge on any atom is -0.481 e. The molecule has 0 saturated heterocycles. The first-order valence-corrected chi connectivity index (χ1v) is 5.66. The Labute approximate surface area is 106 Å². The van der Waals surface area contributed by atoms with Crippen molar-refractivity contribution in [1.82, 2.24) is 5.32 Å². The zero-order valence-electron chi connectivity index (χ0n) is 10.8. The fourth-order valence-electron chi connectivity index (χ4n) is 1.28. The molecule has 1 rings (SSSR count). The maximum Gasteiger partial charge on any atom is 0.307 e. The SMILES string of the molecule is CNC(C)(C)C(=O)Nc1ccc(CC(=O)O)cc1. The quantitative estimate of drug-likeness (QED) is 0.735. The van der Waals surface area contributed by atoms with Crippen molar-refractivity contribution in [2.75, 3.05) is 12.4 Å². The zero-order chi connectivity index (χ0) is 13.8. The van der Waals surface area contributed by atoms with Gasteiger partial charge in [-0.25, -0.2) is 0 Å². The van der Waals surface area contributed by atoms with Gasteiger partial charge in [-0.2, -0.15) is 0 Å². The second kappa shape index (κ2) is 5.64. The normalized spacial score (nSPS) is 11.1. The summed E-state index contributed by atoms with van der Waals surface area (Å²) in [6.07, 6.45) is -0.0176. The molecule has 1 amide bonds. The zero-order valence-corrected chi connectivity index (χ0v) is 10.8. The fraction of sp³-hybridized carbons (Fsp3) is 0.385. The van der Waals surface area contributed by atoms with Gasteiger partial charge in [0.25, 0.3) is 0 Å². The second-order valence-electron chi connectivity index (χ2n) is 4.60. The van der Waals surface area contributed by atoms with Gasteiger partial charge in [-0.15, -0.1) is 0 Å². The number of amides is 1. The van der Waals surface area contributed by atoms with Crippen molar-refractivity contribution in [3.8, 4) is 0 Å². The van der Waals surface area contributed by atoms with Crippen molar-refractivity contribution in [2.45, 2.75) is 25.8 Å². The maximum atomic E-state index is 11.9. The number of rotatable bonds is 5. The highest BCUT2D eigenvalue weighted by Crippen LogP contribution is 2.12. The van der Waals surface area contributed by atoms with Crippen molar-refractivity contribution >= 4 is 17.6 Å². The van der Waals surface area contributed by atoms with Crippen LogP contribution < -0.4 is 10.6 Å². The molecule has 3 N–H and O–H groups in total. The molecule has 1 aromatic rings. The number of carboxylic acid groups (broad SMARTS) is 1. The molecule has 0 aliphatic rings.